The number of carbonyl (C=O) groups excluding carboxylic acids is 1. The number of hydrogen-bond acceptors (Lipinski definition) is 3. The first-order valence-electron chi connectivity index (χ1n) is 6.79. The van der Waals surface area contributed by atoms with Gasteiger partial charge < -0.3 is 15.5 Å². The van der Waals surface area contributed by atoms with Crippen LogP contribution < -0.4 is 5.32 Å². The molecule has 1 aliphatic rings. The molecule has 19 heavy (non-hydrogen) atoms. The highest BCUT2D eigenvalue weighted by atomic mass is 16.3. The maximum absolute atomic E-state index is 12.2. The Morgan fingerprint density at radius 2 is 2.16 bits per heavy atom. The summed E-state index contributed by atoms with van der Waals surface area (Å²) in [7, 11) is 0. The van der Waals surface area contributed by atoms with E-state index in [9.17, 15) is 15.0 Å². The van der Waals surface area contributed by atoms with E-state index in [0.29, 0.717) is 11.5 Å². The Morgan fingerprint density at radius 1 is 1.47 bits per heavy atom. The Morgan fingerprint density at radius 3 is 2.74 bits per heavy atom. The minimum Gasteiger partial charge on any atom is -0.508 e. The molecule has 0 radical (unpaired) electrons. The lowest BCUT2D eigenvalue weighted by molar-refractivity contribution is 0.0232. The molecule has 0 bridgehead atoms. The zero-order valence-corrected chi connectivity index (χ0v) is 11.4. The monoisotopic (exact) mass is 263 g/mol. The third-order valence-electron chi connectivity index (χ3n) is 3.94. The van der Waals surface area contributed by atoms with E-state index in [4.69, 9.17) is 0 Å². The van der Waals surface area contributed by atoms with Crippen LogP contribution in [-0.4, -0.2) is 28.3 Å². The summed E-state index contributed by atoms with van der Waals surface area (Å²) in [6, 6.07) is 4.90. The van der Waals surface area contributed by atoms with E-state index in [1.165, 1.54) is 6.07 Å². The molecule has 2 rings (SSSR count). The molecular weight excluding hydrogens is 242 g/mol. The van der Waals surface area contributed by atoms with Gasteiger partial charge in [-0.25, -0.2) is 0 Å². The van der Waals surface area contributed by atoms with Crippen LogP contribution in [-0.2, 0) is 0 Å². The summed E-state index contributed by atoms with van der Waals surface area (Å²) in [5, 5.41) is 21.8. The van der Waals surface area contributed by atoms with Gasteiger partial charge in [-0.3, -0.25) is 4.79 Å². The minimum atomic E-state index is -0.210. The fourth-order valence-electron chi connectivity index (χ4n) is 2.61. The summed E-state index contributed by atoms with van der Waals surface area (Å²) in [5.41, 5.74) is 1.36. The third-order valence-corrected chi connectivity index (χ3v) is 3.94. The summed E-state index contributed by atoms with van der Waals surface area (Å²) in [6.45, 7) is 3.88. The molecule has 0 aliphatic heterocycles. The molecule has 1 atom stereocenters. The van der Waals surface area contributed by atoms with Crippen molar-refractivity contribution in [2.45, 2.75) is 45.3 Å². The first-order chi connectivity index (χ1) is 9.01. The van der Waals surface area contributed by atoms with Gasteiger partial charge in [-0.05, 0) is 49.8 Å². The van der Waals surface area contributed by atoms with Crippen LogP contribution in [0, 0.1) is 12.8 Å². The number of rotatable bonds is 4. The lowest BCUT2D eigenvalue weighted by Crippen LogP contribution is -2.46. The zero-order valence-electron chi connectivity index (χ0n) is 11.4. The quantitative estimate of drug-likeness (QED) is 0.778. The van der Waals surface area contributed by atoms with Crippen LogP contribution in [0.4, 0.5) is 0 Å². The smallest absolute Gasteiger partial charge is 0.251 e. The topological polar surface area (TPSA) is 69.6 Å². The van der Waals surface area contributed by atoms with Gasteiger partial charge in [0, 0.05) is 11.6 Å². The van der Waals surface area contributed by atoms with Crippen molar-refractivity contribution in [3.63, 3.8) is 0 Å². The number of carbonyl (C=O) groups is 1. The van der Waals surface area contributed by atoms with Gasteiger partial charge in [-0.2, -0.15) is 0 Å². The highest BCUT2D eigenvalue weighted by molar-refractivity contribution is 5.96. The number of benzene rings is 1. The van der Waals surface area contributed by atoms with E-state index in [1.54, 1.807) is 12.1 Å². The fraction of sp³-hybridized carbons (Fsp3) is 0.533. The van der Waals surface area contributed by atoms with Crippen LogP contribution in [0.25, 0.3) is 0 Å². The van der Waals surface area contributed by atoms with Crippen LogP contribution in [0.1, 0.15) is 42.1 Å². The first kappa shape index (κ1) is 13.9. The third kappa shape index (κ3) is 3.07. The van der Waals surface area contributed by atoms with E-state index >= 15 is 0 Å². The molecule has 1 aromatic rings. The normalized spacial score (nSPS) is 23.5. The maximum atomic E-state index is 12.2. The average Bonchev–Trinajstić information content (AvgIpc) is 2.35. The Balaban J connectivity index is 2.05. The molecule has 1 fully saturated rings. The fourth-order valence-corrected chi connectivity index (χ4v) is 2.61. The summed E-state index contributed by atoms with van der Waals surface area (Å²) < 4.78 is 0. The number of aryl methyl sites for hydroxylation is 1. The van der Waals surface area contributed by atoms with Gasteiger partial charge in [0.25, 0.3) is 5.91 Å². The van der Waals surface area contributed by atoms with Gasteiger partial charge in [0.2, 0.25) is 0 Å². The number of phenolic OH excluding ortho intramolecular Hbond substituents is 1. The minimum absolute atomic E-state index is 0.0950. The Bertz CT molecular complexity index is 466. The molecule has 1 aromatic carbocycles. The van der Waals surface area contributed by atoms with Crippen molar-refractivity contribution in [2.75, 3.05) is 0 Å². The van der Waals surface area contributed by atoms with Crippen LogP contribution in [0.3, 0.4) is 0 Å². The largest absolute Gasteiger partial charge is 0.508 e. The molecule has 4 heteroatoms. The van der Waals surface area contributed by atoms with E-state index in [1.807, 2.05) is 13.8 Å². The summed E-state index contributed by atoms with van der Waals surface area (Å²) in [5.74, 6) is 0.311. The lowest BCUT2D eigenvalue weighted by Gasteiger charge is -2.37. The van der Waals surface area contributed by atoms with Crippen molar-refractivity contribution in [3.05, 3.63) is 29.3 Å². The van der Waals surface area contributed by atoms with Crippen molar-refractivity contribution in [1.82, 2.24) is 5.32 Å². The van der Waals surface area contributed by atoms with Gasteiger partial charge in [-0.1, -0.05) is 13.0 Å². The highest BCUT2D eigenvalue weighted by Gasteiger charge is 2.33. The number of nitrogens with one attached hydrogen (secondary N) is 1. The molecule has 3 N–H and O–H groups in total. The van der Waals surface area contributed by atoms with Crippen LogP contribution >= 0.6 is 0 Å². The molecular formula is C15H21NO3. The molecule has 1 aliphatic carbocycles. The second-order valence-corrected chi connectivity index (χ2v) is 5.37. The SMILES string of the molecule is CC[C@@H](NC(=O)c1cc(O)ccc1C)C1CC(O)C1. The summed E-state index contributed by atoms with van der Waals surface area (Å²) in [4.78, 5) is 12.2. The van der Waals surface area contributed by atoms with E-state index in [0.717, 1.165) is 24.8 Å². The Hall–Kier alpha value is -1.55. The lowest BCUT2D eigenvalue weighted by atomic mass is 9.76. The van der Waals surface area contributed by atoms with Crippen molar-refractivity contribution in [3.8, 4) is 5.75 Å². The van der Waals surface area contributed by atoms with Gasteiger partial charge >= 0.3 is 0 Å². The number of aromatic hydroxyl groups is 1. The van der Waals surface area contributed by atoms with Gasteiger partial charge in [0.1, 0.15) is 5.75 Å². The number of aliphatic hydroxyl groups is 1. The molecule has 0 aromatic heterocycles. The molecule has 104 valence electrons. The van der Waals surface area contributed by atoms with Gasteiger partial charge in [-0.15, -0.1) is 0 Å². The predicted octanol–water partition coefficient (Wildman–Crippen LogP) is 1.98. The van der Waals surface area contributed by atoms with Crippen molar-refractivity contribution in [2.24, 2.45) is 5.92 Å². The maximum Gasteiger partial charge on any atom is 0.251 e. The molecule has 0 heterocycles. The van der Waals surface area contributed by atoms with E-state index in [2.05, 4.69) is 5.32 Å². The van der Waals surface area contributed by atoms with Crippen LogP contribution in [0.15, 0.2) is 18.2 Å². The van der Waals surface area contributed by atoms with Crippen LogP contribution in [0.5, 0.6) is 5.75 Å². The van der Waals surface area contributed by atoms with Crippen molar-refractivity contribution < 1.29 is 15.0 Å². The van der Waals surface area contributed by atoms with Gasteiger partial charge in [0.15, 0.2) is 0 Å². The number of phenols is 1. The number of aliphatic hydroxyl groups excluding tert-OH is 1. The summed E-state index contributed by atoms with van der Waals surface area (Å²) in [6.07, 6.45) is 2.16. The van der Waals surface area contributed by atoms with Crippen molar-refractivity contribution >= 4 is 5.91 Å². The van der Waals surface area contributed by atoms with E-state index < -0.39 is 0 Å². The molecule has 0 spiro atoms. The Labute approximate surface area is 113 Å². The summed E-state index contributed by atoms with van der Waals surface area (Å²) >= 11 is 0. The van der Waals surface area contributed by atoms with Gasteiger partial charge in [0.05, 0.1) is 6.10 Å². The van der Waals surface area contributed by atoms with Crippen molar-refractivity contribution in [1.29, 1.82) is 0 Å². The molecule has 4 nitrogen and oxygen atoms in total. The highest BCUT2D eigenvalue weighted by Crippen LogP contribution is 2.31. The predicted molar refractivity (Wildman–Crippen MR) is 73.1 cm³/mol. The van der Waals surface area contributed by atoms with E-state index in [-0.39, 0.29) is 23.8 Å². The molecule has 0 saturated heterocycles. The Kier molecular flexibility index (Phi) is 4.10. The molecule has 0 unspecified atom stereocenters. The standard InChI is InChI=1S/C15H21NO3/c1-3-14(10-6-12(18)7-10)16-15(19)13-8-11(17)5-4-9(13)2/h4-5,8,10,12,14,17-18H,3,6-7H2,1-2H3,(H,16,19)/t10?,12?,14-/m1/s1. The number of hydrogen-bond donors (Lipinski definition) is 3. The number of amides is 1. The molecule has 1 saturated carbocycles. The average molecular weight is 263 g/mol. The second kappa shape index (κ2) is 5.61. The second-order valence-electron chi connectivity index (χ2n) is 5.37. The first-order valence-corrected chi connectivity index (χ1v) is 6.79. The zero-order chi connectivity index (χ0) is 14.0. The van der Waals surface area contributed by atoms with Crippen LogP contribution in [0.2, 0.25) is 0 Å². The molecule has 1 amide bonds.